The number of allylic oxidation sites excluding steroid dienone is 3. The van der Waals surface area contributed by atoms with Crippen LogP contribution in [0.5, 0.6) is 0 Å². The molecular formula is C24H30FNO4. The van der Waals surface area contributed by atoms with E-state index in [0.717, 1.165) is 31.3 Å². The third-order valence-corrected chi connectivity index (χ3v) is 5.84. The fraction of sp³-hybridized carbons (Fsp3) is 0.500. The summed E-state index contributed by atoms with van der Waals surface area (Å²) in [6.45, 7) is 4.15. The van der Waals surface area contributed by atoms with Gasteiger partial charge in [-0.1, -0.05) is 29.9 Å². The number of carbonyl (C=O) groups is 2. The first kappa shape index (κ1) is 22.2. The zero-order valence-corrected chi connectivity index (χ0v) is 17.9. The monoisotopic (exact) mass is 415 g/mol. The summed E-state index contributed by atoms with van der Waals surface area (Å²) in [5.41, 5.74) is 0.837. The van der Waals surface area contributed by atoms with Gasteiger partial charge in [0.2, 0.25) is 5.41 Å². The van der Waals surface area contributed by atoms with Gasteiger partial charge in [-0.05, 0) is 69.8 Å². The first-order valence-electron chi connectivity index (χ1n) is 10.6. The zero-order valence-electron chi connectivity index (χ0n) is 17.9. The van der Waals surface area contributed by atoms with Crippen molar-refractivity contribution in [1.82, 2.24) is 4.90 Å². The van der Waals surface area contributed by atoms with Crippen LogP contribution in [0, 0.1) is 11.2 Å². The van der Waals surface area contributed by atoms with Gasteiger partial charge in [0, 0.05) is 6.54 Å². The molecule has 0 radical (unpaired) electrons. The Kier molecular flexibility index (Phi) is 7.08. The van der Waals surface area contributed by atoms with Gasteiger partial charge in [-0.25, -0.2) is 4.39 Å². The van der Waals surface area contributed by atoms with Crippen LogP contribution in [0.25, 0.3) is 0 Å². The summed E-state index contributed by atoms with van der Waals surface area (Å²) in [7, 11) is 1.86. The van der Waals surface area contributed by atoms with E-state index in [1.54, 1.807) is 26.0 Å². The lowest BCUT2D eigenvalue weighted by atomic mass is 9.73. The largest absolute Gasteiger partial charge is 0.465 e. The van der Waals surface area contributed by atoms with Gasteiger partial charge in [0.25, 0.3) is 0 Å². The molecule has 3 rings (SSSR count). The number of benzene rings is 1. The third kappa shape index (κ3) is 4.06. The van der Waals surface area contributed by atoms with Crippen molar-refractivity contribution >= 4 is 11.9 Å². The Bertz CT molecular complexity index is 825. The van der Waals surface area contributed by atoms with Gasteiger partial charge in [-0.2, -0.15) is 0 Å². The van der Waals surface area contributed by atoms with Crippen molar-refractivity contribution in [2.24, 2.45) is 5.41 Å². The smallest absolute Gasteiger partial charge is 0.329 e. The molecule has 5 nitrogen and oxygen atoms in total. The van der Waals surface area contributed by atoms with Crippen LogP contribution in [0.2, 0.25) is 0 Å². The quantitative estimate of drug-likeness (QED) is 0.511. The number of likely N-dealkylation sites (tertiary alicyclic amines) is 1. The van der Waals surface area contributed by atoms with Gasteiger partial charge in [0.15, 0.2) is 0 Å². The van der Waals surface area contributed by atoms with Gasteiger partial charge in [0.1, 0.15) is 5.82 Å². The van der Waals surface area contributed by atoms with E-state index in [1.165, 1.54) is 12.1 Å². The van der Waals surface area contributed by atoms with Crippen molar-refractivity contribution in [2.45, 2.75) is 45.6 Å². The molecule has 1 aliphatic carbocycles. The summed E-state index contributed by atoms with van der Waals surface area (Å²) in [6, 6.07) is 5.27. The minimum atomic E-state index is -1.63. The summed E-state index contributed by atoms with van der Waals surface area (Å²) in [5.74, 6) is -1.62. The normalized spacial score (nSPS) is 22.6. The highest BCUT2D eigenvalue weighted by Gasteiger charge is 2.63. The van der Waals surface area contributed by atoms with Crippen molar-refractivity contribution in [2.75, 3.05) is 26.8 Å². The standard InChI is InChI=1S/C24H30FNO4/c1-4-29-22(27)24(23(28)30-5-2)19(15-17-9-7-6-8-10-17)16-26(3)21(24)18-11-13-20(25)14-12-18/h9,11-15,21H,4-8,10,16H2,1-3H3/b19-15+/t21-/m1/s1. The number of carbonyl (C=O) groups excluding carboxylic acids is 2. The van der Waals surface area contributed by atoms with Crippen LogP contribution in [-0.2, 0) is 19.1 Å². The molecule has 0 unspecified atom stereocenters. The predicted molar refractivity (Wildman–Crippen MR) is 112 cm³/mol. The first-order valence-corrected chi connectivity index (χ1v) is 10.6. The van der Waals surface area contributed by atoms with Gasteiger partial charge >= 0.3 is 11.9 Å². The van der Waals surface area contributed by atoms with Crippen molar-refractivity contribution in [3.8, 4) is 0 Å². The minimum Gasteiger partial charge on any atom is -0.465 e. The molecule has 1 heterocycles. The number of hydrogen-bond donors (Lipinski definition) is 0. The molecule has 1 aliphatic heterocycles. The van der Waals surface area contributed by atoms with E-state index in [9.17, 15) is 14.0 Å². The molecule has 1 fully saturated rings. The fourth-order valence-electron chi connectivity index (χ4n) is 4.58. The highest BCUT2D eigenvalue weighted by Crippen LogP contribution is 2.52. The Morgan fingerprint density at radius 1 is 1.13 bits per heavy atom. The molecule has 1 saturated heterocycles. The van der Waals surface area contributed by atoms with E-state index in [-0.39, 0.29) is 19.0 Å². The van der Waals surface area contributed by atoms with Crippen LogP contribution >= 0.6 is 0 Å². The van der Waals surface area contributed by atoms with E-state index in [0.29, 0.717) is 17.7 Å². The molecule has 1 aromatic rings. The molecule has 30 heavy (non-hydrogen) atoms. The summed E-state index contributed by atoms with van der Waals surface area (Å²) in [4.78, 5) is 28.8. The molecule has 6 heteroatoms. The summed E-state index contributed by atoms with van der Waals surface area (Å²) < 4.78 is 24.5. The second-order valence-corrected chi connectivity index (χ2v) is 7.81. The molecule has 1 atom stereocenters. The Morgan fingerprint density at radius 2 is 1.77 bits per heavy atom. The highest BCUT2D eigenvalue weighted by molar-refractivity contribution is 6.05. The second kappa shape index (κ2) is 9.56. The SMILES string of the molecule is CCOC(=O)C1(C(=O)OCC)/C(=C/C2=CCCCC2)CN(C)[C@@H]1c1ccc(F)cc1. The zero-order chi connectivity index (χ0) is 21.7. The lowest BCUT2D eigenvalue weighted by Gasteiger charge is -2.34. The van der Waals surface area contributed by atoms with E-state index in [1.807, 2.05) is 18.0 Å². The van der Waals surface area contributed by atoms with Crippen LogP contribution in [0.1, 0.15) is 51.1 Å². The maximum absolute atomic E-state index is 13.6. The van der Waals surface area contributed by atoms with Crippen molar-refractivity contribution in [3.63, 3.8) is 0 Å². The molecule has 162 valence electrons. The third-order valence-electron chi connectivity index (χ3n) is 5.84. The number of esters is 2. The Labute approximate surface area is 177 Å². The van der Waals surface area contributed by atoms with E-state index >= 15 is 0 Å². The molecular weight excluding hydrogens is 385 g/mol. The van der Waals surface area contributed by atoms with Gasteiger partial charge in [-0.15, -0.1) is 0 Å². The van der Waals surface area contributed by atoms with Gasteiger partial charge < -0.3 is 9.47 Å². The van der Waals surface area contributed by atoms with E-state index < -0.39 is 23.4 Å². The average Bonchev–Trinajstić information content (AvgIpc) is 3.02. The number of ether oxygens (including phenoxy) is 2. The van der Waals surface area contributed by atoms with Crippen molar-refractivity contribution < 1.29 is 23.5 Å². The Hall–Kier alpha value is -2.47. The number of hydrogen-bond acceptors (Lipinski definition) is 5. The molecule has 2 aliphatic rings. The van der Waals surface area contributed by atoms with Gasteiger partial charge in [-0.3, -0.25) is 14.5 Å². The number of likely N-dealkylation sites (N-methyl/N-ethyl adjacent to an activating group) is 1. The highest BCUT2D eigenvalue weighted by atomic mass is 19.1. The molecule has 1 aromatic carbocycles. The first-order chi connectivity index (χ1) is 14.4. The molecule has 0 spiro atoms. The molecule has 0 amide bonds. The molecule has 0 saturated carbocycles. The number of halogens is 1. The van der Waals surface area contributed by atoms with Gasteiger partial charge in [0.05, 0.1) is 19.3 Å². The van der Waals surface area contributed by atoms with E-state index in [2.05, 4.69) is 6.08 Å². The second-order valence-electron chi connectivity index (χ2n) is 7.81. The Balaban J connectivity index is 2.21. The van der Waals surface area contributed by atoms with E-state index in [4.69, 9.17) is 9.47 Å². The average molecular weight is 416 g/mol. The summed E-state index contributed by atoms with van der Waals surface area (Å²) in [6.07, 6.45) is 8.28. The molecule has 0 aromatic heterocycles. The lowest BCUT2D eigenvalue weighted by molar-refractivity contribution is -0.171. The summed E-state index contributed by atoms with van der Waals surface area (Å²) in [5, 5.41) is 0. The topological polar surface area (TPSA) is 55.8 Å². The molecule has 0 bridgehead atoms. The maximum atomic E-state index is 13.6. The number of rotatable bonds is 6. The van der Waals surface area contributed by atoms with Crippen molar-refractivity contribution in [3.05, 3.63) is 58.9 Å². The summed E-state index contributed by atoms with van der Waals surface area (Å²) >= 11 is 0. The van der Waals surface area contributed by atoms with Crippen LogP contribution in [0.3, 0.4) is 0 Å². The molecule has 0 N–H and O–H groups in total. The van der Waals surface area contributed by atoms with Crippen LogP contribution in [-0.4, -0.2) is 43.6 Å². The van der Waals surface area contributed by atoms with Crippen LogP contribution in [0.15, 0.2) is 47.6 Å². The predicted octanol–water partition coefficient (Wildman–Crippen LogP) is 4.35. The van der Waals surface area contributed by atoms with Crippen LogP contribution in [0.4, 0.5) is 4.39 Å². The maximum Gasteiger partial charge on any atom is 0.329 e. The Morgan fingerprint density at radius 3 is 2.30 bits per heavy atom. The fourth-order valence-corrected chi connectivity index (χ4v) is 4.58. The lowest BCUT2D eigenvalue weighted by Crippen LogP contribution is -2.47. The number of nitrogens with zero attached hydrogens (tertiary/aromatic N) is 1. The van der Waals surface area contributed by atoms with Crippen LogP contribution < -0.4 is 0 Å². The van der Waals surface area contributed by atoms with Crippen molar-refractivity contribution in [1.29, 1.82) is 0 Å². The minimum absolute atomic E-state index is 0.149.